The molecular weight excluding hydrogens is 244 g/mol. The van der Waals surface area contributed by atoms with Crippen LogP contribution in [0.3, 0.4) is 0 Å². The van der Waals surface area contributed by atoms with Gasteiger partial charge in [-0.1, -0.05) is 0 Å². The molecule has 9 nitrogen and oxygen atoms in total. The van der Waals surface area contributed by atoms with Gasteiger partial charge >= 0.3 is 11.7 Å². The Kier molecular flexibility index (Phi) is 2.72. The second-order valence-electron chi connectivity index (χ2n) is 3.30. The van der Waals surface area contributed by atoms with Crippen molar-refractivity contribution in [1.82, 2.24) is 14.5 Å². The molecule has 2 heterocycles. The van der Waals surface area contributed by atoms with E-state index in [1.165, 1.54) is 6.08 Å². The Morgan fingerprint density at radius 2 is 2.11 bits per heavy atom. The summed E-state index contributed by atoms with van der Waals surface area (Å²) in [5.41, 5.74) is 4.56. The van der Waals surface area contributed by atoms with Crippen LogP contribution in [0, 0.1) is 0 Å². The van der Waals surface area contributed by atoms with Gasteiger partial charge in [0.1, 0.15) is 6.33 Å². The van der Waals surface area contributed by atoms with Crippen LogP contribution in [0.5, 0.6) is 0 Å². The number of anilines is 1. The fourth-order valence-corrected chi connectivity index (χ4v) is 1.22. The van der Waals surface area contributed by atoms with E-state index in [0.29, 0.717) is 0 Å². The van der Waals surface area contributed by atoms with Crippen LogP contribution in [0.2, 0.25) is 0 Å². The lowest BCUT2D eigenvalue weighted by molar-refractivity contribution is -0.135. The van der Waals surface area contributed by atoms with Gasteiger partial charge in [-0.05, 0) is 6.08 Å². The number of aliphatic hydroxyl groups excluding tert-OH is 2. The molecule has 1 aliphatic heterocycles. The second kappa shape index (κ2) is 4.20. The number of nitrogens with two attached hydrogens (primary N) is 1. The number of aromatic nitrogens is 3. The van der Waals surface area contributed by atoms with Crippen molar-refractivity contribution in [3.8, 4) is 0 Å². The highest BCUT2D eigenvalue weighted by molar-refractivity contribution is 5.91. The van der Waals surface area contributed by atoms with Crippen molar-refractivity contribution in [3.05, 3.63) is 40.2 Å². The Balaban J connectivity index is 2.22. The van der Waals surface area contributed by atoms with Gasteiger partial charge in [0.25, 0.3) is 0 Å². The maximum Gasteiger partial charge on any atom is 0.383 e. The van der Waals surface area contributed by atoms with E-state index in [1.807, 2.05) is 0 Å². The molecular formula is C9H8N4O5. The molecule has 1 aromatic heterocycles. The van der Waals surface area contributed by atoms with Crippen molar-refractivity contribution >= 4 is 11.9 Å². The highest BCUT2D eigenvalue weighted by Gasteiger charge is 2.29. The lowest BCUT2D eigenvalue weighted by Crippen LogP contribution is -2.24. The molecule has 0 aromatic carbocycles. The molecule has 0 spiro atoms. The number of esters is 1. The zero-order chi connectivity index (χ0) is 13.3. The molecule has 1 aliphatic rings. The first-order valence-corrected chi connectivity index (χ1v) is 4.73. The molecule has 2 rings (SSSR count). The van der Waals surface area contributed by atoms with Crippen LogP contribution in [0.1, 0.15) is 0 Å². The van der Waals surface area contributed by atoms with Crippen LogP contribution in [0.15, 0.2) is 34.5 Å². The van der Waals surface area contributed by atoms with E-state index < -0.39 is 23.2 Å². The smallest absolute Gasteiger partial charge is 0.383 e. The Bertz CT molecular complexity index is 630. The van der Waals surface area contributed by atoms with Crippen LogP contribution in [0.4, 0.5) is 5.95 Å². The topological polar surface area (TPSA) is 141 Å². The van der Waals surface area contributed by atoms with Gasteiger partial charge in [-0.15, -0.1) is 0 Å². The number of hydrogen-bond donors (Lipinski definition) is 3. The number of aliphatic hydroxyl groups is 2. The maximum atomic E-state index is 11.3. The lowest BCUT2D eigenvalue weighted by atomic mass is 10.3. The van der Waals surface area contributed by atoms with Gasteiger partial charge in [-0.2, -0.15) is 4.98 Å². The van der Waals surface area contributed by atoms with Crippen molar-refractivity contribution in [2.75, 3.05) is 5.73 Å². The Morgan fingerprint density at radius 1 is 1.39 bits per heavy atom. The van der Waals surface area contributed by atoms with Crippen LogP contribution in [-0.2, 0) is 16.1 Å². The number of hydrogen-bond acceptors (Lipinski definition) is 8. The van der Waals surface area contributed by atoms with Crippen LogP contribution >= 0.6 is 0 Å². The highest BCUT2D eigenvalue weighted by Crippen LogP contribution is 2.21. The minimum absolute atomic E-state index is 0.0565. The van der Waals surface area contributed by atoms with E-state index in [2.05, 4.69) is 14.7 Å². The van der Waals surface area contributed by atoms with Crippen molar-refractivity contribution < 1.29 is 19.7 Å². The third-order valence-corrected chi connectivity index (χ3v) is 2.11. The largest absolute Gasteiger partial charge is 0.502 e. The fourth-order valence-electron chi connectivity index (χ4n) is 1.22. The van der Waals surface area contributed by atoms with E-state index in [1.54, 1.807) is 0 Å². The summed E-state index contributed by atoms with van der Waals surface area (Å²) in [7, 11) is 0. The van der Waals surface area contributed by atoms with E-state index in [4.69, 9.17) is 10.8 Å². The van der Waals surface area contributed by atoms with Gasteiger partial charge in [0.2, 0.25) is 17.5 Å². The molecule has 4 N–H and O–H groups in total. The minimum atomic E-state index is -1.06. The first-order valence-electron chi connectivity index (χ1n) is 4.73. The molecule has 0 saturated heterocycles. The van der Waals surface area contributed by atoms with Crippen LogP contribution in [-0.4, -0.2) is 30.7 Å². The van der Waals surface area contributed by atoms with E-state index >= 15 is 0 Å². The molecule has 9 heteroatoms. The summed E-state index contributed by atoms with van der Waals surface area (Å²) in [6.07, 6.45) is 2.37. The molecule has 0 amide bonds. The number of nitrogens with zero attached hydrogens (tertiary/aromatic N) is 3. The van der Waals surface area contributed by atoms with Gasteiger partial charge in [0.05, 0.1) is 6.54 Å². The fraction of sp³-hybridized carbons (Fsp3) is 0.111. The third-order valence-electron chi connectivity index (χ3n) is 2.11. The summed E-state index contributed by atoms with van der Waals surface area (Å²) in [5.74, 6) is -3.00. The molecule has 0 atom stereocenters. The second-order valence-corrected chi connectivity index (χ2v) is 3.30. The van der Waals surface area contributed by atoms with Gasteiger partial charge in [0, 0.05) is 0 Å². The number of carbonyl (C=O) groups excluding carboxylic acids is 1. The predicted molar refractivity (Wildman–Crippen MR) is 57.2 cm³/mol. The van der Waals surface area contributed by atoms with Crippen LogP contribution in [0.25, 0.3) is 0 Å². The number of nitrogen functional groups attached to an aromatic ring is 1. The number of ether oxygens (including phenoxy) is 1. The van der Waals surface area contributed by atoms with Gasteiger partial charge in [0.15, 0.2) is 5.76 Å². The molecule has 0 aliphatic carbocycles. The van der Waals surface area contributed by atoms with Gasteiger partial charge < -0.3 is 20.7 Å². The Hall–Kier alpha value is -2.84. The number of cyclic esters (lactones) is 1. The molecule has 0 unspecified atom stereocenters. The molecule has 0 radical (unpaired) electrons. The zero-order valence-electron chi connectivity index (χ0n) is 8.90. The highest BCUT2D eigenvalue weighted by atomic mass is 16.6. The standard InChI is InChI=1S/C9H8N4O5/c10-8-11-3-13(9(17)12-8)2-1-4-5(14)6(15)7(16)18-4/h1,3,14-15H,2H2,(H2,10,12,17)/b4-1-. The Morgan fingerprint density at radius 3 is 2.67 bits per heavy atom. The molecule has 0 bridgehead atoms. The normalized spacial score (nSPS) is 17.3. The predicted octanol–water partition coefficient (Wildman–Crippen LogP) is -1.01. The van der Waals surface area contributed by atoms with E-state index in [0.717, 1.165) is 10.9 Å². The van der Waals surface area contributed by atoms with E-state index in [9.17, 15) is 14.7 Å². The van der Waals surface area contributed by atoms with Crippen molar-refractivity contribution in [2.24, 2.45) is 0 Å². The summed E-state index contributed by atoms with van der Waals surface area (Å²) < 4.78 is 5.61. The summed E-state index contributed by atoms with van der Waals surface area (Å²) >= 11 is 0. The SMILES string of the molecule is Nc1ncn(C/C=C2\OC(=O)C(O)=C2O)c(=O)n1. The number of carbonyl (C=O) groups is 1. The first kappa shape index (κ1) is 11.6. The summed E-state index contributed by atoms with van der Waals surface area (Å²) in [6, 6.07) is 0. The van der Waals surface area contributed by atoms with Crippen molar-refractivity contribution in [1.29, 1.82) is 0 Å². The average Bonchev–Trinajstić information content (AvgIpc) is 2.56. The molecule has 1 aromatic rings. The first-order chi connectivity index (χ1) is 8.49. The van der Waals surface area contributed by atoms with Crippen LogP contribution < -0.4 is 11.4 Å². The molecule has 94 valence electrons. The third kappa shape index (κ3) is 2.00. The molecule has 18 heavy (non-hydrogen) atoms. The summed E-state index contributed by atoms with van der Waals surface area (Å²) in [6.45, 7) is -0.0565. The zero-order valence-corrected chi connectivity index (χ0v) is 8.90. The molecule has 0 fully saturated rings. The quantitative estimate of drug-likeness (QED) is 0.568. The van der Waals surface area contributed by atoms with Crippen molar-refractivity contribution in [2.45, 2.75) is 6.54 Å². The summed E-state index contributed by atoms with van der Waals surface area (Å²) in [5, 5.41) is 18.3. The van der Waals surface area contributed by atoms with Gasteiger partial charge in [-0.25, -0.2) is 14.6 Å². The van der Waals surface area contributed by atoms with Gasteiger partial charge in [-0.3, -0.25) is 4.57 Å². The van der Waals surface area contributed by atoms with Crippen molar-refractivity contribution in [3.63, 3.8) is 0 Å². The minimum Gasteiger partial charge on any atom is -0.502 e. The number of allylic oxidation sites excluding steroid dienone is 1. The summed E-state index contributed by atoms with van der Waals surface area (Å²) in [4.78, 5) is 29.2. The monoisotopic (exact) mass is 252 g/mol. The van der Waals surface area contributed by atoms with E-state index in [-0.39, 0.29) is 18.3 Å². The maximum absolute atomic E-state index is 11.3. The Labute approximate surface area is 99.5 Å². The average molecular weight is 252 g/mol. The molecule has 0 saturated carbocycles. The number of rotatable bonds is 2. The lowest BCUT2D eigenvalue weighted by Gasteiger charge is -2.01.